The molecule has 1 aliphatic rings. The molecular formula is C15H22N2O4. The summed E-state index contributed by atoms with van der Waals surface area (Å²) in [6, 6.07) is 4.68. The van der Waals surface area contributed by atoms with E-state index in [9.17, 15) is 15.2 Å². The third kappa shape index (κ3) is 4.07. The monoisotopic (exact) mass is 294 g/mol. The summed E-state index contributed by atoms with van der Waals surface area (Å²) in [7, 11) is 1.47. The molecule has 2 rings (SSSR count). The minimum absolute atomic E-state index is 0.0356. The van der Waals surface area contributed by atoms with Gasteiger partial charge in [-0.15, -0.1) is 0 Å². The molecule has 0 bridgehead atoms. The number of methoxy groups -OCH3 is 1. The van der Waals surface area contributed by atoms with Crippen LogP contribution < -0.4 is 10.1 Å². The minimum atomic E-state index is -0.774. The van der Waals surface area contributed by atoms with E-state index < -0.39 is 10.5 Å². The predicted molar refractivity (Wildman–Crippen MR) is 80.8 cm³/mol. The zero-order chi connectivity index (χ0) is 15.3. The zero-order valence-corrected chi connectivity index (χ0v) is 12.3. The number of nitrogens with one attached hydrogen (secondary N) is 1. The smallest absolute Gasteiger partial charge is 0.296 e. The second-order valence-corrected chi connectivity index (χ2v) is 5.63. The van der Waals surface area contributed by atoms with Gasteiger partial charge in [0.2, 0.25) is 0 Å². The van der Waals surface area contributed by atoms with Crippen LogP contribution in [-0.4, -0.2) is 29.3 Å². The van der Waals surface area contributed by atoms with Crippen LogP contribution in [0.25, 0.3) is 0 Å². The lowest BCUT2D eigenvalue weighted by Crippen LogP contribution is -2.36. The van der Waals surface area contributed by atoms with Gasteiger partial charge in [0.25, 0.3) is 5.69 Å². The minimum Gasteiger partial charge on any atom is -0.496 e. The number of nitro groups is 1. The number of nitro benzene ring substituents is 1. The Hall–Kier alpha value is -1.82. The molecule has 0 unspecified atom stereocenters. The SMILES string of the molecule is COc1ccc(NCC2(O)CCCCCC2)c([N+](=O)[O-])c1. The van der Waals surface area contributed by atoms with Crippen molar-refractivity contribution in [2.24, 2.45) is 0 Å². The van der Waals surface area contributed by atoms with E-state index in [0.717, 1.165) is 38.5 Å². The lowest BCUT2D eigenvalue weighted by molar-refractivity contribution is -0.384. The molecule has 1 aromatic carbocycles. The maximum absolute atomic E-state index is 11.1. The molecular weight excluding hydrogens is 272 g/mol. The highest BCUT2D eigenvalue weighted by molar-refractivity contribution is 5.64. The first-order chi connectivity index (χ1) is 10.0. The molecule has 0 spiro atoms. The van der Waals surface area contributed by atoms with Gasteiger partial charge in [0, 0.05) is 6.54 Å². The van der Waals surface area contributed by atoms with E-state index in [1.165, 1.54) is 13.2 Å². The zero-order valence-electron chi connectivity index (χ0n) is 12.3. The van der Waals surface area contributed by atoms with E-state index in [2.05, 4.69) is 5.32 Å². The Balaban J connectivity index is 2.10. The summed E-state index contributed by atoms with van der Waals surface area (Å²) in [6.45, 7) is 0.334. The molecule has 1 saturated carbocycles. The molecule has 21 heavy (non-hydrogen) atoms. The first kappa shape index (κ1) is 15.6. The fourth-order valence-corrected chi connectivity index (χ4v) is 2.76. The molecule has 6 nitrogen and oxygen atoms in total. The number of hydrogen-bond donors (Lipinski definition) is 2. The Kier molecular flexibility index (Phi) is 5.01. The fraction of sp³-hybridized carbons (Fsp3) is 0.600. The van der Waals surface area contributed by atoms with Crippen molar-refractivity contribution in [2.45, 2.75) is 44.1 Å². The van der Waals surface area contributed by atoms with Crippen LogP contribution in [0.3, 0.4) is 0 Å². The van der Waals surface area contributed by atoms with Crippen LogP contribution in [0.2, 0.25) is 0 Å². The Labute approximate surface area is 124 Å². The predicted octanol–water partition coefficient (Wildman–Crippen LogP) is 3.10. The number of anilines is 1. The number of aliphatic hydroxyl groups is 1. The van der Waals surface area contributed by atoms with Gasteiger partial charge in [0.15, 0.2) is 0 Å². The van der Waals surface area contributed by atoms with Crippen molar-refractivity contribution >= 4 is 11.4 Å². The van der Waals surface area contributed by atoms with Gasteiger partial charge < -0.3 is 15.2 Å². The molecule has 1 fully saturated rings. The first-order valence-corrected chi connectivity index (χ1v) is 7.33. The number of ether oxygens (including phenoxy) is 1. The van der Waals surface area contributed by atoms with Crippen molar-refractivity contribution in [1.82, 2.24) is 0 Å². The second-order valence-electron chi connectivity index (χ2n) is 5.63. The summed E-state index contributed by atoms with van der Waals surface area (Å²) in [6.07, 6.45) is 5.77. The van der Waals surface area contributed by atoms with Crippen LogP contribution >= 0.6 is 0 Å². The number of rotatable bonds is 5. The van der Waals surface area contributed by atoms with Crippen LogP contribution in [0.5, 0.6) is 5.75 Å². The van der Waals surface area contributed by atoms with E-state index in [0.29, 0.717) is 18.0 Å². The lowest BCUT2D eigenvalue weighted by Gasteiger charge is -2.27. The molecule has 0 atom stereocenters. The summed E-state index contributed by atoms with van der Waals surface area (Å²) in [5.74, 6) is 0.445. The quantitative estimate of drug-likeness (QED) is 0.495. The number of nitrogens with zero attached hydrogens (tertiary/aromatic N) is 1. The van der Waals surface area contributed by atoms with Crippen LogP contribution in [0.1, 0.15) is 38.5 Å². The van der Waals surface area contributed by atoms with Crippen molar-refractivity contribution < 1.29 is 14.8 Å². The Morgan fingerprint density at radius 3 is 2.57 bits per heavy atom. The van der Waals surface area contributed by atoms with E-state index in [4.69, 9.17) is 4.74 Å². The lowest BCUT2D eigenvalue weighted by atomic mass is 9.94. The van der Waals surface area contributed by atoms with Crippen LogP contribution in [0.4, 0.5) is 11.4 Å². The molecule has 6 heteroatoms. The third-order valence-electron chi connectivity index (χ3n) is 4.04. The Morgan fingerprint density at radius 1 is 1.33 bits per heavy atom. The van der Waals surface area contributed by atoms with Gasteiger partial charge in [-0.2, -0.15) is 0 Å². The normalized spacial score (nSPS) is 17.8. The molecule has 0 saturated heterocycles. The maximum atomic E-state index is 11.1. The Bertz CT molecular complexity index is 496. The number of hydrogen-bond acceptors (Lipinski definition) is 5. The van der Waals surface area contributed by atoms with Gasteiger partial charge in [-0.25, -0.2) is 0 Å². The van der Waals surface area contributed by atoms with E-state index in [-0.39, 0.29) is 5.69 Å². The molecule has 1 aromatic rings. The van der Waals surface area contributed by atoms with E-state index in [1.54, 1.807) is 12.1 Å². The summed E-state index contributed by atoms with van der Waals surface area (Å²) < 4.78 is 5.01. The van der Waals surface area contributed by atoms with Crippen LogP contribution in [0.15, 0.2) is 18.2 Å². The maximum Gasteiger partial charge on any atom is 0.296 e. The van der Waals surface area contributed by atoms with Crippen LogP contribution in [0, 0.1) is 10.1 Å². The average Bonchev–Trinajstić information content (AvgIpc) is 2.70. The average molecular weight is 294 g/mol. The van der Waals surface area contributed by atoms with Gasteiger partial charge in [-0.3, -0.25) is 10.1 Å². The van der Waals surface area contributed by atoms with Crippen molar-refractivity contribution in [1.29, 1.82) is 0 Å². The molecule has 0 aliphatic heterocycles. The van der Waals surface area contributed by atoms with Gasteiger partial charge >= 0.3 is 0 Å². The van der Waals surface area contributed by atoms with Crippen molar-refractivity contribution in [3.05, 3.63) is 28.3 Å². The van der Waals surface area contributed by atoms with E-state index >= 15 is 0 Å². The molecule has 116 valence electrons. The highest BCUT2D eigenvalue weighted by atomic mass is 16.6. The second kappa shape index (κ2) is 6.76. The summed E-state index contributed by atoms with van der Waals surface area (Å²) >= 11 is 0. The fourth-order valence-electron chi connectivity index (χ4n) is 2.76. The molecule has 0 heterocycles. The summed E-state index contributed by atoms with van der Waals surface area (Å²) in [5.41, 5.74) is -0.394. The van der Waals surface area contributed by atoms with Crippen molar-refractivity contribution in [2.75, 3.05) is 19.0 Å². The van der Waals surface area contributed by atoms with E-state index in [1.807, 2.05) is 0 Å². The van der Waals surface area contributed by atoms with Gasteiger partial charge in [0.1, 0.15) is 11.4 Å². The van der Waals surface area contributed by atoms with Crippen LogP contribution in [-0.2, 0) is 0 Å². The molecule has 2 N–H and O–H groups in total. The standard InChI is InChI=1S/C15H22N2O4/c1-21-12-6-7-13(14(10-12)17(19)20)16-11-15(18)8-4-2-3-5-9-15/h6-7,10,16,18H,2-5,8-9,11H2,1H3. The molecule has 0 aromatic heterocycles. The highest BCUT2D eigenvalue weighted by Crippen LogP contribution is 2.31. The summed E-state index contributed by atoms with van der Waals surface area (Å²) in [4.78, 5) is 10.7. The highest BCUT2D eigenvalue weighted by Gasteiger charge is 2.28. The molecule has 0 radical (unpaired) electrons. The largest absolute Gasteiger partial charge is 0.496 e. The van der Waals surface area contributed by atoms with Gasteiger partial charge in [0.05, 0.1) is 23.7 Å². The Morgan fingerprint density at radius 2 is 2.00 bits per heavy atom. The first-order valence-electron chi connectivity index (χ1n) is 7.33. The topological polar surface area (TPSA) is 84.6 Å². The number of benzene rings is 1. The van der Waals surface area contributed by atoms with Gasteiger partial charge in [-0.05, 0) is 25.0 Å². The van der Waals surface area contributed by atoms with Crippen molar-refractivity contribution in [3.63, 3.8) is 0 Å². The van der Waals surface area contributed by atoms with Crippen molar-refractivity contribution in [3.8, 4) is 5.75 Å². The molecule has 0 amide bonds. The third-order valence-corrected chi connectivity index (χ3v) is 4.04. The molecule has 1 aliphatic carbocycles. The van der Waals surface area contributed by atoms with Gasteiger partial charge in [-0.1, -0.05) is 25.7 Å². The summed E-state index contributed by atoms with van der Waals surface area (Å²) in [5, 5.41) is 24.7.